The zero-order valence-corrected chi connectivity index (χ0v) is 28.4. The Labute approximate surface area is 279 Å². The molecule has 2 fully saturated rings. The number of piperazine rings is 1. The van der Waals surface area contributed by atoms with Crippen LogP contribution in [-0.2, 0) is 19.1 Å². The van der Waals surface area contributed by atoms with Gasteiger partial charge in [0.1, 0.15) is 11.5 Å². The first-order valence-corrected chi connectivity index (χ1v) is 16.5. The monoisotopic (exact) mass is 646 g/mol. The number of pyridine rings is 1. The van der Waals surface area contributed by atoms with Crippen molar-refractivity contribution in [3.63, 3.8) is 0 Å². The maximum atomic E-state index is 13.9. The molecule has 3 aromatic heterocycles. The summed E-state index contributed by atoms with van der Waals surface area (Å²) in [7, 11) is 3.77. The van der Waals surface area contributed by atoms with Gasteiger partial charge in [0.15, 0.2) is 0 Å². The van der Waals surface area contributed by atoms with Crippen LogP contribution in [0.25, 0.3) is 27.7 Å². The summed E-state index contributed by atoms with van der Waals surface area (Å²) >= 11 is 0. The van der Waals surface area contributed by atoms with E-state index < -0.39 is 0 Å². The number of aliphatic hydroxyl groups is 1. The van der Waals surface area contributed by atoms with Crippen molar-refractivity contribution in [2.24, 2.45) is 7.05 Å². The molecule has 0 amide bonds. The molecule has 2 aliphatic heterocycles. The van der Waals surface area contributed by atoms with Crippen LogP contribution < -0.4 is 21.3 Å². The van der Waals surface area contributed by atoms with Crippen molar-refractivity contribution in [1.82, 2.24) is 29.4 Å². The fourth-order valence-electron chi connectivity index (χ4n) is 7.39. The van der Waals surface area contributed by atoms with Crippen molar-refractivity contribution in [2.45, 2.75) is 64.6 Å². The lowest BCUT2D eigenvalue weighted by Crippen LogP contribution is -2.52. The summed E-state index contributed by atoms with van der Waals surface area (Å²) in [5.74, 6) is 0.544. The molecule has 5 heterocycles. The highest BCUT2D eigenvalue weighted by atomic mass is 16.3. The van der Waals surface area contributed by atoms with Crippen molar-refractivity contribution in [3.05, 3.63) is 98.3 Å². The van der Waals surface area contributed by atoms with Gasteiger partial charge in [-0.25, -0.2) is 9.67 Å². The fourth-order valence-corrected chi connectivity index (χ4v) is 7.39. The number of nitrogens with zero attached hydrogens (tertiary/aromatic N) is 7. The minimum atomic E-state index is -0.371. The molecule has 2 atom stereocenters. The van der Waals surface area contributed by atoms with E-state index in [1.165, 1.54) is 22.2 Å². The number of aromatic nitrogens is 5. The number of fused-ring (bicyclic) bond motifs is 3. The molecule has 2 unspecified atom stereocenters. The second-order valence-corrected chi connectivity index (χ2v) is 14.2. The van der Waals surface area contributed by atoms with Gasteiger partial charge in [0, 0.05) is 48.7 Å². The largest absolute Gasteiger partial charge is 0.392 e. The quantitative estimate of drug-likeness (QED) is 0.271. The Morgan fingerprint density at radius 2 is 1.71 bits per heavy atom. The lowest BCUT2D eigenvalue weighted by atomic mass is 9.85. The number of anilines is 3. The van der Waals surface area contributed by atoms with Gasteiger partial charge in [0.25, 0.3) is 11.1 Å². The van der Waals surface area contributed by atoms with Gasteiger partial charge in [0.2, 0.25) is 0 Å². The maximum Gasteiger partial charge on any atom is 0.290 e. The Kier molecular flexibility index (Phi) is 7.92. The average Bonchev–Trinajstić information content (AvgIpc) is 3.32. The smallest absolute Gasteiger partial charge is 0.290 e. The van der Waals surface area contributed by atoms with E-state index in [4.69, 9.17) is 0 Å². The lowest BCUT2D eigenvalue weighted by molar-refractivity contribution is 0.264. The van der Waals surface area contributed by atoms with E-state index in [2.05, 4.69) is 70.2 Å². The van der Waals surface area contributed by atoms with Crippen LogP contribution in [0.3, 0.4) is 0 Å². The molecule has 0 spiro atoms. The summed E-state index contributed by atoms with van der Waals surface area (Å²) < 4.78 is 2.60. The number of nitrogens with one attached hydrogen (secondary N) is 1. The topological polar surface area (TPSA) is 121 Å². The number of likely N-dealkylation sites (N-methyl/N-ethyl adjacent to an activating group) is 1. The number of likely N-dealkylation sites (tertiary alicyclic amines) is 1. The van der Waals surface area contributed by atoms with Crippen molar-refractivity contribution < 1.29 is 5.11 Å². The van der Waals surface area contributed by atoms with E-state index >= 15 is 0 Å². The Balaban J connectivity index is 1.23. The second kappa shape index (κ2) is 12.0. The Morgan fingerprint density at radius 1 is 0.958 bits per heavy atom. The molecule has 7 rings (SSSR count). The summed E-state index contributed by atoms with van der Waals surface area (Å²) in [6.45, 7) is 10.1. The molecule has 2 aliphatic rings. The predicted molar refractivity (Wildman–Crippen MR) is 189 cm³/mol. The second-order valence-electron chi connectivity index (χ2n) is 14.2. The van der Waals surface area contributed by atoms with Gasteiger partial charge in [-0.15, -0.1) is 0 Å². The number of rotatable bonds is 6. The Bertz CT molecular complexity index is 2130. The van der Waals surface area contributed by atoms with Gasteiger partial charge in [-0.05, 0) is 73.7 Å². The summed E-state index contributed by atoms with van der Waals surface area (Å²) in [5.41, 5.74) is 4.67. The highest BCUT2D eigenvalue weighted by Gasteiger charge is 2.38. The van der Waals surface area contributed by atoms with E-state index in [1.54, 1.807) is 31.4 Å². The summed E-state index contributed by atoms with van der Waals surface area (Å²) in [5, 5.41) is 24.3. The lowest BCUT2D eigenvalue weighted by Gasteiger charge is -2.41. The average molecular weight is 647 g/mol. The molecule has 2 aromatic carbocycles. The van der Waals surface area contributed by atoms with Crippen LogP contribution in [0.4, 0.5) is 17.2 Å². The number of benzene rings is 2. The van der Waals surface area contributed by atoms with Crippen LogP contribution in [0.5, 0.6) is 0 Å². The molecule has 2 N–H and O–H groups in total. The molecule has 2 bridgehead atoms. The first-order valence-electron chi connectivity index (χ1n) is 16.5. The molecule has 0 aliphatic carbocycles. The highest BCUT2D eigenvalue weighted by Crippen LogP contribution is 2.35. The Morgan fingerprint density at radius 3 is 2.38 bits per heavy atom. The van der Waals surface area contributed by atoms with Crippen LogP contribution in [-0.4, -0.2) is 66.8 Å². The minimum absolute atomic E-state index is 0.0769. The minimum Gasteiger partial charge on any atom is -0.392 e. The first kappa shape index (κ1) is 31.7. The zero-order valence-electron chi connectivity index (χ0n) is 28.4. The molecule has 0 radical (unpaired) electrons. The standard InChI is InChI=1S/C37H42N8O3/c1-22-14-24(37(2,3)4)15-23-17-39-45(36(48)34(22)23)32-9-7-8-28(29(32)21-46)30-16-31(35(47)43(6)41-30)40-33-13-12-25(18-38-33)44-26-10-11-27(44)20-42(5)19-26/h7-9,12-18,26-27,46H,10-11,19-21H2,1-6H3,(H,38,40). The zero-order chi connectivity index (χ0) is 33.9. The van der Waals surface area contributed by atoms with Crippen LogP contribution in [0, 0.1) is 6.92 Å². The number of aryl methyl sites for hydroxylation is 2. The van der Waals surface area contributed by atoms with E-state index in [0.717, 1.165) is 35.3 Å². The molecular weight excluding hydrogens is 604 g/mol. The van der Waals surface area contributed by atoms with E-state index in [9.17, 15) is 14.7 Å². The maximum absolute atomic E-state index is 13.9. The van der Waals surface area contributed by atoms with Crippen molar-refractivity contribution >= 4 is 28.0 Å². The summed E-state index contributed by atoms with van der Waals surface area (Å²) in [6.07, 6.45) is 5.95. The molecule has 11 nitrogen and oxygen atoms in total. The van der Waals surface area contributed by atoms with Gasteiger partial charge in [-0.1, -0.05) is 39.0 Å². The van der Waals surface area contributed by atoms with E-state index in [1.807, 2.05) is 31.3 Å². The van der Waals surface area contributed by atoms with Crippen molar-refractivity contribution in [2.75, 3.05) is 30.4 Å². The van der Waals surface area contributed by atoms with E-state index in [-0.39, 0.29) is 23.1 Å². The molecule has 0 saturated carbocycles. The van der Waals surface area contributed by atoms with Crippen LogP contribution in [0.2, 0.25) is 0 Å². The van der Waals surface area contributed by atoms with Crippen molar-refractivity contribution in [3.8, 4) is 16.9 Å². The predicted octanol–water partition coefficient (Wildman–Crippen LogP) is 4.67. The molecule has 11 heteroatoms. The van der Waals surface area contributed by atoms with Crippen LogP contribution in [0.15, 0.2) is 70.5 Å². The van der Waals surface area contributed by atoms with Crippen molar-refractivity contribution in [1.29, 1.82) is 0 Å². The first-order chi connectivity index (χ1) is 22.9. The van der Waals surface area contributed by atoms with Gasteiger partial charge in [-0.3, -0.25) is 9.59 Å². The van der Waals surface area contributed by atoms with E-state index in [0.29, 0.717) is 51.5 Å². The van der Waals surface area contributed by atoms with Gasteiger partial charge in [0.05, 0.1) is 41.5 Å². The van der Waals surface area contributed by atoms with Crippen LogP contribution in [0.1, 0.15) is 50.3 Å². The number of hydrogen-bond donors (Lipinski definition) is 2. The number of hydrogen-bond acceptors (Lipinski definition) is 9. The van der Waals surface area contributed by atoms with Crippen LogP contribution >= 0.6 is 0 Å². The third-order valence-electron chi connectivity index (χ3n) is 9.80. The molecular formula is C37H42N8O3. The normalized spacial score (nSPS) is 18.1. The summed E-state index contributed by atoms with van der Waals surface area (Å²) in [4.78, 5) is 36.7. The highest BCUT2D eigenvalue weighted by molar-refractivity contribution is 5.85. The molecule has 5 aromatic rings. The Hall–Kier alpha value is -4.87. The molecule has 48 heavy (non-hydrogen) atoms. The number of aliphatic hydroxyl groups excluding tert-OH is 1. The fraction of sp³-hybridized carbons (Fsp3) is 0.378. The van der Waals surface area contributed by atoms with Gasteiger partial charge >= 0.3 is 0 Å². The van der Waals surface area contributed by atoms with Gasteiger partial charge < -0.3 is 20.2 Å². The molecule has 248 valence electrons. The SMILES string of the molecule is Cc1cc(C(C)(C)C)cc2cnn(-c3cccc(-c4cc(Nc5ccc(N6C7CCC6CN(C)C7)cn5)c(=O)n(C)n4)c3CO)c(=O)c12. The third-order valence-corrected chi connectivity index (χ3v) is 9.80. The van der Waals surface area contributed by atoms with Gasteiger partial charge in [-0.2, -0.15) is 14.9 Å². The molecule has 2 saturated heterocycles. The third kappa shape index (κ3) is 5.56. The summed E-state index contributed by atoms with van der Waals surface area (Å²) in [6, 6.07) is 16.0.